The van der Waals surface area contributed by atoms with Gasteiger partial charge in [-0.25, -0.2) is 0 Å². The van der Waals surface area contributed by atoms with Crippen LogP contribution >= 0.6 is 0 Å². The van der Waals surface area contributed by atoms with Crippen molar-refractivity contribution in [2.45, 2.75) is 0 Å². The molecular weight excluding hydrogens is 933 g/mol. The SMILES string of the molecule is c1ccc(-c2cccc3cccc(-c4ccc(N(c5ccc6c(c5)oc5ccccc56)c5ccc6c(c5)oc5ccccc56)cc4)c23)cc1.c1ccc2c(c1)oc1cc(Nc3ccc4c(c3)oc3ccccc34)ccc12. The van der Waals surface area contributed by atoms with Crippen molar-refractivity contribution in [2.75, 3.05) is 10.2 Å². The first-order chi connectivity index (χ1) is 37.6. The lowest BCUT2D eigenvalue weighted by Gasteiger charge is -2.25. The minimum Gasteiger partial charge on any atom is -0.456 e. The standard InChI is InChI=1S/C46H29NO2.C24H15NO2/c1-2-10-30(11-3-1)36-16-8-12-32-13-9-17-37(46(32)36)31-20-22-33(23-21-31)47(34-24-26-40-38-14-4-6-18-42(38)48-44(40)28-34)35-25-27-41-39-15-5-7-19-43(39)49-45(41)29-35;1-3-7-21-17(5-1)19-11-9-15(13-23(19)26-21)25-16-10-12-20-18-6-2-4-8-22(18)27-24(20)14-16/h1-29H;1-14,25H. The minimum absolute atomic E-state index is 0.856. The van der Waals surface area contributed by atoms with Crippen LogP contribution in [0.1, 0.15) is 0 Å². The van der Waals surface area contributed by atoms with Crippen molar-refractivity contribution < 1.29 is 17.7 Å². The van der Waals surface area contributed by atoms with Gasteiger partial charge in [0, 0.05) is 95.8 Å². The zero-order valence-corrected chi connectivity index (χ0v) is 40.9. The Morgan fingerprint density at radius 2 is 0.605 bits per heavy atom. The number of hydrogen-bond acceptors (Lipinski definition) is 6. The molecule has 0 atom stereocenters. The molecule has 0 saturated carbocycles. The van der Waals surface area contributed by atoms with Crippen LogP contribution in [0, 0.1) is 0 Å². The Morgan fingerprint density at radius 3 is 1.05 bits per heavy atom. The maximum atomic E-state index is 6.35. The second-order valence-corrected chi connectivity index (χ2v) is 19.3. The van der Waals surface area contributed by atoms with Crippen molar-refractivity contribution >= 4 is 127 Å². The van der Waals surface area contributed by atoms with Gasteiger partial charge in [0.05, 0.1) is 0 Å². The fourth-order valence-electron chi connectivity index (χ4n) is 11.2. The van der Waals surface area contributed by atoms with Crippen molar-refractivity contribution in [3.63, 3.8) is 0 Å². The minimum atomic E-state index is 0.856. The van der Waals surface area contributed by atoms with E-state index in [0.29, 0.717) is 0 Å². The summed E-state index contributed by atoms with van der Waals surface area (Å²) in [4.78, 5) is 2.28. The molecule has 6 heteroatoms. The maximum absolute atomic E-state index is 6.35. The summed E-state index contributed by atoms with van der Waals surface area (Å²) in [5.41, 5.74) is 16.9. The predicted molar refractivity (Wildman–Crippen MR) is 315 cm³/mol. The van der Waals surface area contributed by atoms with Crippen molar-refractivity contribution in [1.82, 2.24) is 0 Å². The van der Waals surface area contributed by atoms with Crippen LogP contribution in [0.15, 0.2) is 279 Å². The van der Waals surface area contributed by atoms with Gasteiger partial charge in [-0.3, -0.25) is 0 Å². The van der Waals surface area contributed by atoms with E-state index < -0.39 is 0 Å². The molecule has 4 aromatic heterocycles. The first-order valence-electron chi connectivity index (χ1n) is 25.5. The van der Waals surface area contributed by atoms with Crippen LogP contribution in [-0.4, -0.2) is 0 Å². The van der Waals surface area contributed by atoms with Gasteiger partial charge in [-0.1, -0.05) is 152 Å². The molecule has 0 spiro atoms. The fraction of sp³-hybridized carbons (Fsp3) is 0. The van der Waals surface area contributed by atoms with E-state index in [4.69, 9.17) is 17.7 Å². The summed E-state index contributed by atoms with van der Waals surface area (Å²) in [6.45, 7) is 0. The molecule has 0 radical (unpaired) electrons. The molecule has 0 amide bonds. The zero-order chi connectivity index (χ0) is 50.1. The van der Waals surface area contributed by atoms with Crippen LogP contribution in [0.2, 0.25) is 0 Å². The highest BCUT2D eigenvalue weighted by atomic mass is 16.3. The Labute approximate surface area is 435 Å². The van der Waals surface area contributed by atoms with E-state index >= 15 is 0 Å². The Kier molecular flexibility index (Phi) is 10.1. The van der Waals surface area contributed by atoms with Gasteiger partial charge in [-0.15, -0.1) is 0 Å². The highest BCUT2D eigenvalue weighted by molar-refractivity contribution is 6.10. The Bertz CT molecular complexity index is 4640. The lowest BCUT2D eigenvalue weighted by Crippen LogP contribution is -2.09. The van der Waals surface area contributed by atoms with Crippen LogP contribution in [0.5, 0.6) is 0 Å². The number of benzene rings is 12. The summed E-state index contributed by atoms with van der Waals surface area (Å²) in [6, 6.07) is 90.7. The highest BCUT2D eigenvalue weighted by Crippen LogP contribution is 2.43. The molecule has 4 heterocycles. The number of nitrogens with zero attached hydrogens (tertiary/aromatic N) is 1. The summed E-state index contributed by atoms with van der Waals surface area (Å²) in [6.07, 6.45) is 0. The third kappa shape index (κ3) is 7.42. The Morgan fingerprint density at radius 1 is 0.250 bits per heavy atom. The monoisotopic (exact) mass is 976 g/mol. The summed E-state index contributed by atoms with van der Waals surface area (Å²) in [5, 5.41) is 14.9. The topological polar surface area (TPSA) is 67.8 Å². The van der Waals surface area contributed by atoms with Crippen LogP contribution in [0.25, 0.3) is 121 Å². The van der Waals surface area contributed by atoms with E-state index in [1.807, 2.05) is 72.8 Å². The average Bonchev–Trinajstić information content (AvgIpc) is 4.27. The van der Waals surface area contributed by atoms with Crippen LogP contribution < -0.4 is 10.2 Å². The molecular formula is C70H44N2O4. The Balaban J connectivity index is 0.000000158. The molecule has 16 rings (SSSR count). The molecule has 0 unspecified atom stereocenters. The number of nitrogens with one attached hydrogen (secondary N) is 1. The summed E-state index contributed by atoms with van der Waals surface area (Å²) >= 11 is 0. The first kappa shape index (κ1) is 43.3. The molecule has 12 aromatic carbocycles. The molecule has 358 valence electrons. The van der Waals surface area contributed by atoms with Crippen molar-refractivity contribution in [3.05, 3.63) is 261 Å². The second-order valence-electron chi connectivity index (χ2n) is 19.3. The molecule has 0 aliphatic heterocycles. The van der Waals surface area contributed by atoms with Crippen LogP contribution in [0.3, 0.4) is 0 Å². The quantitative estimate of drug-likeness (QED) is 0.172. The van der Waals surface area contributed by atoms with Crippen molar-refractivity contribution in [2.24, 2.45) is 0 Å². The molecule has 0 fully saturated rings. The van der Waals surface area contributed by atoms with Gasteiger partial charge in [0.2, 0.25) is 0 Å². The van der Waals surface area contributed by atoms with E-state index in [-0.39, 0.29) is 0 Å². The smallest absolute Gasteiger partial charge is 0.137 e. The van der Waals surface area contributed by atoms with Gasteiger partial charge in [-0.2, -0.15) is 0 Å². The molecule has 1 N–H and O–H groups in total. The average molecular weight is 977 g/mol. The lowest BCUT2D eigenvalue weighted by molar-refractivity contribution is 0.668. The van der Waals surface area contributed by atoms with Gasteiger partial charge < -0.3 is 27.9 Å². The molecule has 0 aliphatic rings. The largest absolute Gasteiger partial charge is 0.456 e. The number of hydrogen-bond donors (Lipinski definition) is 1. The number of para-hydroxylation sites is 4. The van der Waals surface area contributed by atoms with Gasteiger partial charge in [0.1, 0.15) is 44.7 Å². The number of anilines is 5. The molecule has 0 aliphatic carbocycles. The number of furan rings is 4. The molecule has 76 heavy (non-hydrogen) atoms. The van der Waals surface area contributed by atoms with Gasteiger partial charge in [0.25, 0.3) is 0 Å². The summed E-state index contributed by atoms with van der Waals surface area (Å²) < 4.78 is 24.7. The maximum Gasteiger partial charge on any atom is 0.137 e. The third-order valence-electron chi connectivity index (χ3n) is 14.7. The number of rotatable bonds is 7. The van der Waals surface area contributed by atoms with E-state index in [9.17, 15) is 0 Å². The van der Waals surface area contributed by atoms with Crippen LogP contribution in [0.4, 0.5) is 28.4 Å². The van der Waals surface area contributed by atoms with E-state index in [2.05, 4.69) is 198 Å². The van der Waals surface area contributed by atoms with E-state index in [1.165, 1.54) is 27.5 Å². The van der Waals surface area contributed by atoms with E-state index in [1.54, 1.807) is 0 Å². The lowest BCUT2D eigenvalue weighted by atomic mass is 9.91. The van der Waals surface area contributed by atoms with Crippen molar-refractivity contribution in [1.29, 1.82) is 0 Å². The van der Waals surface area contributed by atoms with Gasteiger partial charge >= 0.3 is 0 Å². The molecule has 0 bridgehead atoms. The second kappa shape index (κ2) is 17.7. The first-order valence-corrected chi connectivity index (χ1v) is 25.5. The van der Waals surface area contributed by atoms with Gasteiger partial charge in [-0.05, 0) is 118 Å². The number of fused-ring (bicyclic) bond motifs is 13. The third-order valence-corrected chi connectivity index (χ3v) is 14.7. The predicted octanol–water partition coefficient (Wildman–Crippen LogP) is 20.7. The molecule has 16 aromatic rings. The van der Waals surface area contributed by atoms with E-state index in [0.717, 1.165) is 122 Å². The van der Waals surface area contributed by atoms with Crippen molar-refractivity contribution in [3.8, 4) is 22.3 Å². The van der Waals surface area contributed by atoms with Crippen LogP contribution in [-0.2, 0) is 0 Å². The summed E-state index contributed by atoms with van der Waals surface area (Å²) in [5.74, 6) is 0. The highest BCUT2D eigenvalue weighted by Gasteiger charge is 2.19. The fourth-order valence-corrected chi connectivity index (χ4v) is 11.2. The zero-order valence-electron chi connectivity index (χ0n) is 40.9. The normalized spacial score (nSPS) is 11.7. The molecule has 6 nitrogen and oxygen atoms in total. The Hall–Kier alpha value is -10.3. The molecule has 0 saturated heterocycles. The summed E-state index contributed by atoms with van der Waals surface area (Å²) in [7, 11) is 0. The van der Waals surface area contributed by atoms with Gasteiger partial charge in [0.15, 0.2) is 0 Å².